The third-order valence-corrected chi connectivity index (χ3v) is 4.93. The van der Waals surface area contributed by atoms with Gasteiger partial charge in [0.05, 0.1) is 12.3 Å². The molecule has 0 atom stereocenters. The molecule has 0 aliphatic rings. The Hall–Kier alpha value is -1.83. The van der Waals surface area contributed by atoms with Crippen LogP contribution in [0.2, 0.25) is 5.02 Å². The van der Waals surface area contributed by atoms with E-state index < -0.39 is 0 Å². The molecule has 0 unspecified atom stereocenters. The fourth-order valence-electron chi connectivity index (χ4n) is 1.83. The number of benzene rings is 1. The Bertz CT molecular complexity index is 771. The van der Waals surface area contributed by atoms with Crippen molar-refractivity contribution >= 4 is 40.6 Å². The summed E-state index contributed by atoms with van der Waals surface area (Å²) in [6.07, 6.45) is 0. The minimum Gasteiger partial charge on any atom is -0.350 e. The third-order valence-electron chi connectivity index (χ3n) is 2.95. The molecule has 1 aromatic carbocycles. The summed E-state index contributed by atoms with van der Waals surface area (Å²) in [5, 5.41) is 13.1. The van der Waals surface area contributed by atoms with Crippen LogP contribution >= 0.6 is 34.7 Å². The SMILES string of the molecule is O=C(CSc1n[nH]c(-c2ccc(Cl)cc2)n1)NCc1cccs1. The van der Waals surface area contributed by atoms with Crippen molar-refractivity contribution in [3.8, 4) is 11.4 Å². The minimum absolute atomic E-state index is 0.0405. The van der Waals surface area contributed by atoms with E-state index in [1.54, 1.807) is 23.5 Å². The van der Waals surface area contributed by atoms with E-state index in [1.165, 1.54) is 11.8 Å². The number of aromatic nitrogens is 3. The number of H-pyrrole nitrogens is 1. The zero-order chi connectivity index (χ0) is 16.1. The molecule has 0 aliphatic carbocycles. The summed E-state index contributed by atoms with van der Waals surface area (Å²) < 4.78 is 0. The number of carbonyl (C=O) groups is 1. The highest BCUT2D eigenvalue weighted by molar-refractivity contribution is 7.99. The number of thiophene rings is 1. The second kappa shape index (κ2) is 7.63. The maximum absolute atomic E-state index is 11.8. The summed E-state index contributed by atoms with van der Waals surface area (Å²) in [4.78, 5) is 17.3. The van der Waals surface area contributed by atoms with Crippen molar-refractivity contribution in [3.63, 3.8) is 0 Å². The fraction of sp³-hybridized carbons (Fsp3) is 0.133. The molecule has 2 N–H and O–H groups in total. The van der Waals surface area contributed by atoms with Gasteiger partial charge in [-0.15, -0.1) is 16.4 Å². The molecule has 0 saturated carbocycles. The quantitative estimate of drug-likeness (QED) is 0.656. The normalized spacial score (nSPS) is 10.7. The standard InChI is InChI=1S/C15H13ClN4OS2/c16-11-5-3-10(4-6-11)14-18-15(20-19-14)23-9-13(21)17-8-12-2-1-7-22-12/h1-7H,8-9H2,(H,17,21)(H,18,19,20). The summed E-state index contributed by atoms with van der Waals surface area (Å²) in [6, 6.07) is 11.3. The van der Waals surface area contributed by atoms with Crippen LogP contribution in [0.3, 0.4) is 0 Å². The van der Waals surface area contributed by atoms with E-state index >= 15 is 0 Å². The first-order chi connectivity index (χ1) is 11.2. The van der Waals surface area contributed by atoms with Gasteiger partial charge in [-0.25, -0.2) is 4.98 Å². The lowest BCUT2D eigenvalue weighted by Crippen LogP contribution is -2.24. The summed E-state index contributed by atoms with van der Waals surface area (Å²) in [5.41, 5.74) is 0.899. The molecule has 0 spiro atoms. The van der Waals surface area contributed by atoms with E-state index in [1.807, 2.05) is 29.6 Å². The lowest BCUT2D eigenvalue weighted by molar-refractivity contribution is -0.118. The Morgan fingerprint density at radius 3 is 2.87 bits per heavy atom. The summed E-state index contributed by atoms with van der Waals surface area (Å²) >= 11 is 8.78. The predicted molar refractivity (Wildman–Crippen MR) is 93.7 cm³/mol. The van der Waals surface area contributed by atoms with E-state index in [4.69, 9.17) is 11.6 Å². The second-order valence-electron chi connectivity index (χ2n) is 4.62. The molecule has 1 amide bonds. The van der Waals surface area contributed by atoms with Gasteiger partial charge >= 0.3 is 0 Å². The van der Waals surface area contributed by atoms with Crippen LogP contribution in [0, 0.1) is 0 Å². The van der Waals surface area contributed by atoms with Crippen LogP contribution in [0.15, 0.2) is 46.9 Å². The lowest BCUT2D eigenvalue weighted by Gasteiger charge is -2.01. The topological polar surface area (TPSA) is 70.7 Å². The zero-order valence-electron chi connectivity index (χ0n) is 12.0. The number of hydrogen-bond donors (Lipinski definition) is 2. The van der Waals surface area contributed by atoms with Gasteiger partial charge in [0, 0.05) is 15.5 Å². The molecule has 2 aromatic heterocycles. The van der Waals surface area contributed by atoms with Crippen LogP contribution in [0.1, 0.15) is 4.88 Å². The first-order valence-corrected chi connectivity index (χ1v) is 9.05. The first-order valence-electron chi connectivity index (χ1n) is 6.81. The predicted octanol–water partition coefficient (Wildman–Crippen LogP) is 3.60. The van der Waals surface area contributed by atoms with Crippen molar-refractivity contribution < 1.29 is 4.79 Å². The maximum Gasteiger partial charge on any atom is 0.230 e. The van der Waals surface area contributed by atoms with Gasteiger partial charge in [-0.05, 0) is 35.7 Å². The van der Waals surface area contributed by atoms with Crippen LogP contribution in [0.5, 0.6) is 0 Å². The number of nitrogens with one attached hydrogen (secondary N) is 2. The highest BCUT2D eigenvalue weighted by Crippen LogP contribution is 2.20. The second-order valence-corrected chi connectivity index (χ2v) is 7.03. The third kappa shape index (κ3) is 4.57. The molecule has 5 nitrogen and oxygen atoms in total. The Balaban J connectivity index is 1.50. The summed E-state index contributed by atoms with van der Waals surface area (Å²) in [7, 11) is 0. The molecule has 3 rings (SSSR count). The van der Waals surface area contributed by atoms with Crippen molar-refractivity contribution in [1.82, 2.24) is 20.5 Å². The number of aromatic amines is 1. The molecule has 0 fully saturated rings. The molecular weight excluding hydrogens is 352 g/mol. The number of thioether (sulfide) groups is 1. The first kappa shape index (κ1) is 16.0. The molecule has 0 saturated heterocycles. The Morgan fingerprint density at radius 2 is 2.13 bits per heavy atom. The number of carbonyl (C=O) groups excluding carboxylic acids is 1. The molecule has 0 bridgehead atoms. The van der Waals surface area contributed by atoms with Gasteiger partial charge in [0.25, 0.3) is 0 Å². The minimum atomic E-state index is -0.0405. The Kier molecular flexibility index (Phi) is 5.32. The molecule has 0 aliphatic heterocycles. The van der Waals surface area contributed by atoms with Crippen LogP contribution in [-0.2, 0) is 11.3 Å². The van der Waals surface area contributed by atoms with Gasteiger partial charge in [-0.3, -0.25) is 9.89 Å². The number of amides is 1. The summed E-state index contributed by atoms with van der Waals surface area (Å²) in [5.74, 6) is 0.896. The van der Waals surface area contributed by atoms with Gasteiger partial charge in [-0.1, -0.05) is 29.4 Å². The number of rotatable bonds is 6. The number of hydrogen-bond acceptors (Lipinski definition) is 5. The molecule has 0 radical (unpaired) electrons. The fourth-order valence-corrected chi connectivity index (χ4v) is 3.23. The number of nitrogens with zero attached hydrogens (tertiary/aromatic N) is 2. The Morgan fingerprint density at radius 1 is 1.30 bits per heavy atom. The van der Waals surface area contributed by atoms with Gasteiger partial charge in [0.2, 0.25) is 11.1 Å². The molecular formula is C15H13ClN4OS2. The van der Waals surface area contributed by atoms with E-state index in [2.05, 4.69) is 20.5 Å². The molecule has 23 heavy (non-hydrogen) atoms. The van der Waals surface area contributed by atoms with Crippen molar-refractivity contribution in [2.75, 3.05) is 5.75 Å². The van der Waals surface area contributed by atoms with Gasteiger partial charge in [0.15, 0.2) is 5.82 Å². The van der Waals surface area contributed by atoms with Crippen molar-refractivity contribution in [3.05, 3.63) is 51.7 Å². The van der Waals surface area contributed by atoms with Crippen LogP contribution in [0.25, 0.3) is 11.4 Å². The van der Waals surface area contributed by atoms with Crippen LogP contribution < -0.4 is 5.32 Å². The Labute approximate surface area is 146 Å². The average Bonchev–Trinajstić information content (AvgIpc) is 3.23. The van der Waals surface area contributed by atoms with E-state index in [0.29, 0.717) is 22.5 Å². The van der Waals surface area contributed by atoms with Crippen molar-refractivity contribution in [1.29, 1.82) is 0 Å². The maximum atomic E-state index is 11.8. The van der Waals surface area contributed by atoms with Crippen LogP contribution in [-0.4, -0.2) is 26.8 Å². The van der Waals surface area contributed by atoms with Gasteiger partial charge in [-0.2, -0.15) is 0 Å². The molecule has 8 heteroatoms. The van der Waals surface area contributed by atoms with E-state index in [9.17, 15) is 4.79 Å². The molecule has 2 heterocycles. The smallest absolute Gasteiger partial charge is 0.230 e. The van der Waals surface area contributed by atoms with E-state index in [0.717, 1.165) is 10.4 Å². The largest absolute Gasteiger partial charge is 0.350 e. The summed E-state index contributed by atoms with van der Waals surface area (Å²) in [6.45, 7) is 0.557. The zero-order valence-corrected chi connectivity index (χ0v) is 14.3. The van der Waals surface area contributed by atoms with E-state index in [-0.39, 0.29) is 11.7 Å². The highest BCUT2D eigenvalue weighted by atomic mass is 35.5. The van der Waals surface area contributed by atoms with Crippen molar-refractivity contribution in [2.24, 2.45) is 0 Å². The average molecular weight is 365 g/mol. The van der Waals surface area contributed by atoms with Gasteiger partial charge < -0.3 is 5.32 Å². The molecule has 118 valence electrons. The monoisotopic (exact) mass is 364 g/mol. The number of halogens is 1. The lowest BCUT2D eigenvalue weighted by atomic mass is 10.2. The van der Waals surface area contributed by atoms with Crippen molar-refractivity contribution in [2.45, 2.75) is 11.7 Å². The van der Waals surface area contributed by atoms with Crippen LogP contribution in [0.4, 0.5) is 0 Å². The van der Waals surface area contributed by atoms with Gasteiger partial charge in [0.1, 0.15) is 0 Å². The highest BCUT2D eigenvalue weighted by Gasteiger charge is 2.09. The molecule has 3 aromatic rings.